The first-order valence-corrected chi connectivity index (χ1v) is 9.37. The molecule has 10 heteroatoms. The maximum atomic E-state index is 11.5. The lowest BCUT2D eigenvalue weighted by Crippen LogP contribution is -2.22. The molecule has 1 aliphatic heterocycles. The second-order valence-corrected chi connectivity index (χ2v) is 8.29. The molecule has 1 aliphatic rings. The van der Waals surface area contributed by atoms with Crippen molar-refractivity contribution in [2.75, 3.05) is 22.1 Å². The third kappa shape index (κ3) is 4.43. The number of sulfone groups is 1. The van der Waals surface area contributed by atoms with Gasteiger partial charge in [-0.25, -0.2) is 8.42 Å². The molecule has 0 spiro atoms. The van der Waals surface area contributed by atoms with Gasteiger partial charge in [0.05, 0.1) is 17.7 Å². The van der Waals surface area contributed by atoms with Crippen molar-refractivity contribution in [2.24, 2.45) is 0 Å². The van der Waals surface area contributed by atoms with E-state index in [-0.39, 0.29) is 23.5 Å². The predicted molar refractivity (Wildman–Crippen MR) is 90.3 cm³/mol. The Balaban J connectivity index is 1.72. The Bertz CT molecular complexity index is 811. The number of anilines is 3. The highest BCUT2D eigenvalue weighted by Gasteiger charge is 2.28. The van der Waals surface area contributed by atoms with Crippen LogP contribution in [0, 0.1) is 0 Å². The van der Waals surface area contributed by atoms with E-state index in [2.05, 4.69) is 25.8 Å². The molecule has 1 fully saturated rings. The molecule has 2 N–H and O–H groups in total. The molecule has 0 aliphatic carbocycles. The molecule has 0 saturated carbocycles. The van der Waals surface area contributed by atoms with Gasteiger partial charge in [-0.15, -0.1) is 5.10 Å². The van der Waals surface area contributed by atoms with Crippen LogP contribution in [0.3, 0.4) is 0 Å². The summed E-state index contributed by atoms with van der Waals surface area (Å²) >= 11 is 11.9. The highest BCUT2D eigenvalue weighted by atomic mass is 35.5. The van der Waals surface area contributed by atoms with Crippen molar-refractivity contribution in [3.8, 4) is 0 Å². The number of nitrogens with one attached hydrogen (secondary N) is 2. The molecular weight excluding hydrogens is 361 g/mol. The zero-order valence-electron chi connectivity index (χ0n) is 11.8. The van der Waals surface area contributed by atoms with Crippen molar-refractivity contribution >= 4 is 50.5 Å². The summed E-state index contributed by atoms with van der Waals surface area (Å²) in [5, 5.41) is 14.7. The van der Waals surface area contributed by atoms with E-state index in [1.54, 1.807) is 18.2 Å². The average molecular weight is 374 g/mol. The van der Waals surface area contributed by atoms with Gasteiger partial charge in [-0.1, -0.05) is 23.2 Å². The normalized spacial score (nSPS) is 19.5. The van der Waals surface area contributed by atoms with Gasteiger partial charge in [0, 0.05) is 21.8 Å². The number of hydrogen-bond acceptors (Lipinski definition) is 7. The standard InChI is InChI=1S/C13H13Cl2N5O2S/c14-8-3-9(15)5-11(4-8)17-12-6-16-20-13(19-12)18-10-1-2-23(21,22)7-10/h3-6,10H,1-2,7H2,(H2,17,18,19,20). The number of nitrogens with zero attached hydrogens (tertiary/aromatic N) is 3. The highest BCUT2D eigenvalue weighted by Crippen LogP contribution is 2.24. The Kier molecular flexibility index (Phi) is 4.56. The van der Waals surface area contributed by atoms with E-state index in [4.69, 9.17) is 23.2 Å². The lowest BCUT2D eigenvalue weighted by molar-refractivity contribution is 0.602. The van der Waals surface area contributed by atoms with Crippen LogP contribution in [0.5, 0.6) is 0 Å². The summed E-state index contributed by atoms with van der Waals surface area (Å²) in [6.07, 6.45) is 1.98. The Morgan fingerprint density at radius 2 is 1.91 bits per heavy atom. The summed E-state index contributed by atoms with van der Waals surface area (Å²) in [6, 6.07) is 4.83. The quantitative estimate of drug-likeness (QED) is 0.849. The van der Waals surface area contributed by atoms with E-state index in [9.17, 15) is 8.42 Å². The molecule has 1 aromatic carbocycles. The van der Waals surface area contributed by atoms with E-state index >= 15 is 0 Å². The van der Waals surface area contributed by atoms with Gasteiger partial charge in [-0.3, -0.25) is 0 Å². The van der Waals surface area contributed by atoms with Crippen LogP contribution in [0.4, 0.5) is 17.5 Å². The van der Waals surface area contributed by atoms with Gasteiger partial charge in [-0.05, 0) is 24.6 Å². The Labute approximate surface area is 143 Å². The molecule has 3 rings (SSSR count). The van der Waals surface area contributed by atoms with Crippen LogP contribution in [0.1, 0.15) is 6.42 Å². The highest BCUT2D eigenvalue weighted by molar-refractivity contribution is 7.91. The van der Waals surface area contributed by atoms with Crippen LogP contribution in [-0.4, -0.2) is 41.1 Å². The van der Waals surface area contributed by atoms with E-state index < -0.39 is 9.84 Å². The maximum Gasteiger partial charge on any atom is 0.244 e. The Morgan fingerprint density at radius 3 is 2.57 bits per heavy atom. The van der Waals surface area contributed by atoms with Crippen molar-refractivity contribution in [2.45, 2.75) is 12.5 Å². The van der Waals surface area contributed by atoms with Gasteiger partial charge in [0.1, 0.15) is 0 Å². The van der Waals surface area contributed by atoms with Crippen LogP contribution in [0.15, 0.2) is 24.4 Å². The van der Waals surface area contributed by atoms with Crippen LogP contribution in [0.2, 0.25) is 10.0 Å². The maximum absolute atomic E-state index is 11.5. The van der Waals surface area contributed by atoms with E-state index in [1.807, 2.05) is 0 Å². The second kappa shape index (κ2) is 6.46. The van der Waals surface area contributed by atoms with Gasteiger partial charge < -0.3 is 10.6 Å². The molecule has 122 valence electrons. The minimum atomic E-state index is -2.97. The number of aromatic nitrogens is 3. The number of halogens is 2. The summed E-state index contributed by atoms with van der Waals surface area (Å²) in [7, 11) is -2.97. The molecular formula is C13H13Cl2N5O2S. The zero-order chi connectivity index (χ0) is 16.4. The SMILES string of the molecule is O=S1(=O)CCC(Nc2nncc(Nc3cc(Cl)cc(Cl)c3)n2)C1. The predicted octanol–water partition coefficient (Wildman–Crippen LogP) is 2.52. The van der Waals surface area contributed by atoms with Gasteiger partial charge in [0.2, 0.25) is 5.95 Å². The van der Waals surface area contributed by atoms with E-state index in [0.717, 1.165) is 0 Å². The molecule has 1 atom stereocenters. The third-order valence-corrected chi connectivity index (χ3v) is 5.46. The molecule has 0 bridgehead atoms. The summed E-state index contributed by atoms with van der Waals surface area (Å²) in [5.41, 5.74) is 0.664. The molecule has 1 aromatic heterocycles. The number of benzene rings is 1. The second-order valence-electron chi connectivity index (χ2n) is 5.19. The van der Waals surface area contributed by atoms with E-state index in [1.165, 1.54) is 6.20 Å². The Hall–Kier alpha value is -1.64. The fraction of sp³-hybridized carbons (Fsp3) is 0.308. The molecule has 1 unspecified atom stereocenters. The van der Waals surface area contributed by atoms with Gasteiger partial charge in [0.25, 0.3) is 0 Å². The van der Waals surface area contributed by atoms with Crippen molar-refractivity contribution in [3.05, 3.63) is 34.4 Å². The third-order valence-electron chi connectivity index (χ3n) is 3.26. The van der Waals surface area contributed by atoms with Crippen molar-refractivity contribution in [1.29, 1.82) is 0 Å². The van der Waals surface area contributed by atoms with Crippen LogP contribution in [-0.2, 0) is 9.84 Å². The fourth-order valence-corrected chi connectivity index (χ4v) is 4.49. The van der Waals surface area contributed by atoms with Gasteiger partial charge >= 0.3 is 0 Å². The molecule has 2 heterocycles. The first-order chi connectivity index (χ1) is 10.9. The minimum absolute atomic E-state index is 0.0813. The summed E-state index contributed by atoms with van der Waals surface area (Å²) in [6.45, 7) is 0. The largest absolute Gasteiger partial charge is 0.349 e. The molecule has 23 heavy (non-hydrogen) atoms. The average Bonchev–Trinajstić information content (AvgIpc) is 2.77. The summed E-state index contributed by atoms with van der Waals surface area (Å²) < 4.78 is 22.9. The number of rotatable bonds is 4. The van der Waals surface area contributed by atoms with Crippen LogP contribution in [0.25, 0.3) is 0 Å². The van der Waals surface area contributed by atoms with Crippen LogP contribution < -0.4 is 10.6 Å². The minimum Gasteiger partial charge on any atom is -0.349 e. The topological polar surface area (TPSA) is 96.9 Å². The van der Waals surface area contributed by atoms with Gasteiger partial charge in [-0.2, -0.15) is 10.1 Å². The molecule has 7 nitrogen and oxygen atoms in total. The molecule has 0 radical (unpaired) electrons. The van der Waals surface area contributed by atoms with Crippen molar-refractivity contribution in [1.82, 2.24) is 15.2 Å². The van der Waals surface area contributed by atoms with Crippen LogP contribution >= 0.6 is 23.2 Å². The Morgan fingerprint density at radius 1 is 1.17 bits per heavy atom. The first kappa shape index (κ1) is 16.2. The smallest absolute Gasteiger partial charge is 0.244 e. The van der Waals surface area contributed by atoms with Crippen molar-refractivity contribution < 1.29 is 8.42 Å². The first-order valence-electron chi connectivity index (χ1n) is 6.79. The molecule has 0 amide bonds. The lowest BCUT2D eigenvalue weighted by Gasteiger charge is -2.11. The van der Waals surface area contributed by atoms with Crippen molar-refractivity contribution in [3.63, 3.8) is 0 Å². The summed E-state index contributed by atoms with van der Waals surface area (Å²) in [5.74, 6) is 0.974. The fourth-order valence-electron chi connectivity index (χ4n) is 2.29. The van der Waals surface area contributed by atoms with Gasteiger partial charge in [0.15, 0.2) is 15.7 Å². The molecule has 2 aromatic rings. The lowest BCUT2D eigenvalue weighted by atomic mass is 10.3. The number of hydrogen-bond donors (Lipinski definition) is 2. The molecule has 1 saturated heterocycles. The monoisotopic (exact) mass is 373 g/mol. The van der Waals surface area contributed by atoms with E-state index in [0.29, 0.717) is 28.0 Å². The summed E-state index contributed by atoms with van der Waals surface area (Å²) in [4.78, 5) is 4.26. The zero-order valence-corrected chi connectivity index (χ0v) is 14.2.